The number of aryl methyl sites for hydroxylation is 1. The molecule has 0 fully saturated rings. The third kappa shape index (κ3) is 1.15. The van der Waals surface area contributed by atoms with Crippen LogP contribution in [0.1, 0.15) is 19.2 Å². The molecule has 2 aromatic heterocycles. The molecule has 2 heterocycles. The lowest BCUT2D eigenvalue weighted by molar-refractivity contribution is 0.817. The maximum atomic E-state index is 4.25. The maximum Gasteiger partial charge on any atom is 0.252 e. The van der Waals surface area contributed by atoms with E-state index in [0.717, 1.165) is 18.7 Å². The fourth-order valence-electron chi connectivity index (χ4n) is 1.11. The molecule has 0 saturated carbocycles. The topological polar surface area (TPSA) is 43.1 Å². The SMILES string of the molecule is CCCc1nc2ncccn2n1. The number of hydrogen-bond acceptors (Lipinski definition) is 3. The van der Waals surface area contributed by atoms with Crippen molar-refractivity contribution < 1.29 is 0 Å². The van der Waals surface area contributed by atoms with Crippen LogP contribution in [0.5, 0.6) is 0 Å². The molecule has 0 aliphatic carbocycles. The van der Waals surface area contributed by atoms with Crippen LogP contribution < -0.4 is 0 Å². The number of rotatable bonds is 2. The Morgan fingerprint density at radius 2 is 2.42 bits per heavy atom. The van der Waals surface area contributed by atoms with Crippen LogP contribution >= 0.6 is 0 Å². The molecule has 0 unspecified atom stereocenters. The van der Waals surface area contributed by atoms with Crippen molar-refractivity contribution in [2.75, 3.05) is 0 Å². The van der Waals surface area contributed by atoms with Gasteiger partial charge in [0, 0.05) is 18.8 Å². The summed E-state index contributed by atoms with van der Waals surface area (Å²) in [6.45, 7) is 2.11. The predicted octanol–water partition coefficient (Wildman–Crippen LogP) is 1.08. The van der Waals surface area contributed by atoms with E-state index in [1.54, 1.807) is 10.7 Å². The molecule has 0 amide bonds. The summed E-state index contributed by atoms with van der Waals surface area (Å²) < 4.78 is 1.70. The highest BCUT2D eigenvalue weighted by atomic mass is 15.3. The van der Waals surface area contributed by atoms with Gasteiger partial charge in [-0.25, -0.2) is 9.50 Å². The van der Waals surface area contributed by atoms with Crippen LogP contribution in [0.2, 0.25) is 0 Å². The summed E-state index contributed by atoms with van der Waals surface area (Å²) in [4.78, 5) is 8.32. The van der Waals surface area contributed by atoms with Crippen LogP contribution in [0.25, 0.3) is 5.78 Å². The van der Waals surface area contributed by atoms with E-state index in [1.165, 1.54) is 0 Å². The van der Waals surface area contributed by atoms with Gasteiger partial charge in [0.1, 0.15) is 0 Å². The summed E-state index contributed by atoms with van der Waals surface area (Å²) in [6, 6.07) is 1.84. The smallest absolute Gasteiger partial charge is 0.220 e. The van der Waals surface area contributed by atoms with E-state index >= 15 is 0 Å². The van der Waals surface area contributed by atoms with Crippen molar-refractivity contribution in [3.63, 3.8) is 0 Å². The Morgan fingerprint density at radius 3 is 3.17 bits per heavy atom. The van der Waals surface area contributed by atoms with E-state index in [2.05, 4.69) is 22.0 Å². The molecule has 0 radical (unpaired) electrons. The van der Waals surface area contributed by atoms with Gasteiger partial charge in [-0.3, -0.25) is 0 Å². The van der Waals surface area contributed by atoms with E-state index in [0.29, 0.717) is 5.78 Å². The van der Waals surface area contributed by atoms with E-state index in [9.17, 15) is 0 Å². The summed E-state index contributed by atoms with van der Waals surface area (Å²) in [5, 5.41) is 4.25. The predicted molar refractivity (Wildman–Crippen MR) is 44.8 cm³/mol. The second kappa shape index (κ2) is 2.89. The van der Waals surface area contributed by atoms with Gasteiger partial charge in [-0.15, -0.1) is 5.10 Å². The van der Waals surface area contributed by atoms with Gasteiger partial charge in [0.2, 0.25) is 0 Å². The molecule has 0 spiro atoms. The Labute approximate surface area is 70.3 Å². The molecule has 2 aromatic rings. The first-order chi connectivity index (χ1) is 5.90. The Kier molecular flexibility index (Phi) is 1.74. The summed E-state index contributed by atoms with van der Waals surface area (Å²) in [5.41, 5.74) is 0. The first kappa shape index (κ1) is 7.21. The third-order valence-electron chi connectivity index (χ3n) is 1.63. The standard InChI is InChI=1S/C8H10N4/c1-2-4-7-10-8-9-5-3-6-12(8)11-7/h3,5-6H,2,4H2,1H3. The second-order valence-electron chi connectivity index (χ2n) is 2.64. The fourth-order valence-corrected chi connectivity index (χ4v) is 1.11. The van der Waals surface area contributed by atoms with Crippen molar-refractivity contribution in [1.82, 2.24) is 19.6 Å². The fraction of sp³-hybridized carbons (Fsp3) is 0.375. The Bertz CT molecular complexity index is 346. The van der Waals surface area contributed by atoms with Crippen molar-refractivity contribution in [1.29, 1.82) is 0 Å². The van der Waals surface area contributed by atoms with Gasteiger partial charge < -0.3 is 0 Å². The number of hydrogen-bond donors (Lipinski definition) is 0. The lowest BCUT2D eigenvalue weighted by Gasteiger charge is -1.84. The molecular formula is C8H10N4. The Hall–Kier alpha value is -1.45. The number of aromatic nitrogens is 4. The van der Waals surface area contributed by atoms with Gasteiger partial charge in [-0.05, 0) is 12.5 Å². The monoisotopic (exact) mass is 162 g/mol. The molecule has 0 atom stereocenters. The molecule has 0 aromatic carbocycles. The zero-order valence-corrected chi connectivity index (χ0v) is 6.94. The summed E-state index contributed by atoms with van der Waals surface area (Å²) in [7, 11) is 0. The van der Waals surface area contributed by atoms with E-state index in [1.807, 2.05) is 12.3 Å². The van der Waals surface area contributed by atoms with Crippen molar-refractivity contribution in [3.8, 4) is 0 Å². The molecule has 62 valence electrons. The highest BCUT2D eigenvalue weighted by Gasteiger charge is 2.00. The zero-order chi connectivity index (χ0) is 8.39. The van der Waals surface area contributed by atoms with Gasteiger partial charge in [-0.2, -0.15) is 4.98 Å². The number of nitrogens with zero attached hydrogens (tertiary/aromatic N) is 4. The van der Waals surface area contributed by atoms with Crippen molar-refractivity contribution >= 4 is 5.78 Å². The molecular weight excluding hydrogens is 152 g/mol. The van der Waals surface area contributed by atoms with Gasteiger partial charge in [0.25, 0.3) is 5.78 Å². The van der Waals surface area contributed by atoms with E-state index in [-0.39, 0.29) is 0 Å². The number of fused-ring (bicyclic) bond motifs is 1. The molecule has 2 rings (SSSR count). The summed E-state index contributed by atoms with van der Waals surface area (Å²) >= 11 is 0. The van der Waals surface area contributed by atoms with Crippen LogP contribution in [0.15, 0.2) is 18.5 Å². The van der Waals surface area contributed by atoms with Gasteiger partial charge in [0.05, 0.1) is 0 Å². The highest BCUT2D eigenvalue weighted by Crippen LogP contribution is 1.98. The van der Waals surface area contributed by atoms with Crippen molar-refractivity contribution in [2.24, 2.45) is 0 Å². The Balaban J connectivity index is 2.47. The Morgan fingerprint density at radius 1 is 1.50 bits per heavy atom. The van der Waals surface area contributed by atoms with E-state index < -0.39 is 0 Å². The average Bonchev–Trinajstić information content (AvgIpc) is 2.47. The maximum absolute atomic E-state index is 4.25. The van der Waals surface area contributed by atoms with Crippen molar-refractivity contribution in [2.45, 2.75) is 19.8 Å². The molecule has 0 aliphatic rings. The highest BCUT2D eigenvalue weighted by molar-refractivity contribution is 5.24. The zero-order valence-electron chi connectivity index (χ0n) is 6.94. The van der Waals surface area contributed by atoms with Gasteiger partial charge in [-0.1, -0.05) is 6.92 Å². The molecule has 0 saturated heterocycles. The molecule has 0 bridgehead atoms. The molecule has 4 nitrogen and oxygen atoms in total. The van der Waals surface area contributed by atoms with Gasteiger partial charge >= 0.3 is 0 Å². The normalized spacial score (nSPS) is 10.8. The lowest BCUT2D eigenvalue weighted by atomic mass is 10.3. The van der Waals surface area contributed by atoms with E-state index in [4.69, 9.17) is 0 Å². The van der Waals surface area contributed by atoms with Crippen LogP contribution in [0.3, 0.4) is 0 Å². The first-order valence-electron chi connectivity index (χ1n) is 4.06. The molecule has 12 heavy (non-hydrogen) atoms. The third-order valence-corrected chi connectivity index (χ3v) is 1.63. The van der Waals surface area contributed by atoms with Crippen LogP contribution in [0, 0.1) is 0 Å². The minimum absolute atomic E-state index is 0.681. The van der Waals surface area contributed by atoms with Crippen LogP contribution in [0.4, 0.5) is 0 Å². The van der Waals surface area contributed by atoms with Crippen molar-refractivity contribution in [3.05, 3.63) is 24.3 Å². The van der Waals surface area contributed by atoms with Gasteiger partial charge in [0.15, 0.2) is 5.82 Å². The molecule has 0 aliphatic heterocycles. The summed E-state index contributed by atoms with van der Waals surface area (Å²) in [5.74, 6) is 1.55. The quantitative estimate of drug-likeness (QED) is 0.663. The largest absolute Gasteiger partial charge is 0.252 e. The van der Waals surface area contributed by atoms with Crippen LogP contribution in [-0.2, 0) is 6.42 Å². The minimum Gasteiger partial charge on any atom is -0.220 e. The average molecular weight is 162 g/mol. The summed E-state index contributed by atoms with van der Waals surface area (Å²) in [6.07, 6.45) is 5.56. The molecule has 0 N–H and O–H groups in total. The lowest BCUT2D eigenvalue weighted by Crippen LogP contribution is -1.88. The minimum atomic E-state index is 0.681. The van der Waals surface area contributed by atoms with Crippen LogP contribution in [-0.4, -0.2) is 19.6 Å². The first-order valence-corrected chi connectivity index (χ1v) is 4.06. The second-order valence-corrected chi connectivity index (χ2v) is 2.64. The molecule has 4 heteroatoms.